The number of aromatic nitrogens is 3. The van der Waals surface area contributed by atoms with Gasteiger partial charge in [0.05, 0.1) is 133 Å². The van der Waals surface area contributed by atoms with Crippen LogP contribution in [-0.2, 0) is 106 Å². The van der Waals surface area contributed by atoms with Gasteiger partial charge in [0.1, 0.15) is 85.7 Å². The molecule has 0 spiro atoms. The third-order valence-electron chi connectivity index (χ3n) is 25.9. The molecule has 48 heteroatoms. The molecule has 1 saturated heterocycles. The number of imide groups is 1. The first-order valence-electron chi connectivity index (χ1n) is 50.4. The SMILES string of the molecule is CC[C@H](C)[C@@H]([C@H](CC(=O)N1CCC[C@H]1[C@H](OC)[C@@H](C)C(=O)N[C@@H](C)[C@H](O)c1ccccc1)OC)N(C)C(=O)[C@@H](NC(=O)[C@H](C(C)C)N(C)C(=O)OCc1ccc(NC(=O)[C@H](CCCNC(N)=O)NC(=O)[C@@H](NC(=O)[C@H](CCCCNC(=O)Cn2cc(COCCOCCOCCOCCN(C[C@H](O)[C@@H](O)[C@H](O)[C@H](O)CO)C[C@H](O)[C@@H](O)[C@H](O)[C@H](O)CO)nn2)NC(=O)CCCCCN2C(=O)C=CC2=O)C(C)C)cc1)C(C)C. The van der Waals surface area contributed by atoms with Gasteiger partial charge in [-0.25, -0.2) is 14.3 Å². The van der Waals surface area contributed by atoms with Gasteiger partial charge < -0.3 is 147 Å². The highest BCUT2D eigenvalue weighted by atomic mass is 16.6. The molecule has 2 aliphatic rings. The van der Waals surface area contributed by atoms with Gasteiger partial charge in [0.2, 0.25) is 53.2 Å². The van der Waals surface area contributed by atoms with Crippen molar-refractivity contribution in [1.82, 2.24) is 76.7 Å². The number of benzene rings is 2. The Hall–Kier alpha value is -10.5. The van der Waals surface area contributed by atoms with E-state index in [0.717, 1.165) is 9.80 Å². The van der Waals surface area contributed by atoms with Gasteiger partial charge >= 0.3 is 12.1 Å². The maximum absolute atomic E-state index is 15.0. The Morgan fingerprint density at radius 1 is 0.565 bits per heavy atom. The number of aliphatic hydroxyl groups excluding tert-OH is 11. The lowest BCUT2D eigenvalue weighted by atomic mass is 9.89. The minimum Gasteiger partial charge on any atom is -0.445 e. The van der Waals surface area contributed by atoms with E-state index in [1.807, 2.05) is 19.9 Å². The number of hydrogen-bond acceptors (Lipinski definition) is 34. The number of aliphatic hydroxyl groups is 11. The molecule has 3 aromatic rings. The summed E-state index contributed by atoms with van der Waals surface area (Å²) in [5, 5.41) is 141. The Bertz CT molecular complexity index is 4480. The van der Waals surface area contributed by atoms with Crippen molar-refractivity contribution in [2.75, 3.05) is 139 Å². The summed E-state index contributed by atoms with van der Waals surface area (Å²) in [6.45, 7) is 15.9. The van der Waals surface area contributed by atoms with Crippen LogP contribution in [0.25, 0.3) is 0 Å². The Morgan fingerprint density at radius 3 is 1.69 bits per heavy atom. The molecule has 830 valence electrons. The largest absolute Gasteiger partial charge is 0.445 e. The number of carbonyl (C=O) groups is 13. The molecule has 0 saturated carbocycles. The van der Waals surface area contributed by atoms with Gasteiger partial charge in [-0.05, 0) is 112 Å². The normalized spacial score (nSPS) is 17.4. The van der Waals surface area contributed by atoms with Crippen LogP contribution in [-0.4, -0.2) is 416 Å². The first-order chi connectivity index (χ1) is 69.8. The van der Waals surface area contributed by atoms with E-state index in [9.17, 15) is 108 Å². The van der Waals surface area contributed by atoms with Gasteiger partial charge in [0, 0.05) is 98.4 Å². The third-order valence-corrected chi connectivity index (χ3v) is 25.9. The molecule has 3 heterocycles. The van der Waals surface area contributed by atoms with Crippen LogP contribution in [0.3, 0.4) is 0 Å². The fraction of sp³-hybridized carbons (Fsp3) is 0.707. The molecular weight excluding hydrogens is 1920 g/mol. The van der Waals surface area contributed by atoms with Crippen LogP contribution in [0.1, 0.15) is 176 Å². The summed E-state index contributed by atoms with van der Waals surface area (Å²) in [5.74, 6) is -8.26. The van der Waals surface area contributed by atoms with E-state index < -0.39 is 231 Å². The van der Waals surface area contributed by atoms with Crippen LogP contribution in [0.2, 0.25) is 0 Å². The van der Waals surface area contributed by atoms with Crippen LogP contribution in [0.4, 0.5) is 15.3 Å². The molecule has 147 heavy (non-hydrogen) atoms. The van der Waals surface area contributed by atoms with Gasteiger partial charge in [0.15, 0.2) is 0 Å². The van der Waals surface area contributed by atoms with Gasteiger partial charge in [0.25, 0.3) is 11.8 Å². The number of ether oxygens (including phenoxy) is 7. The number of hydrogen-bond donors (Lipinski definition) is 20. The van der Waals surface area contributed by atoms with Crippen molar-refractivity contribution in [3.63, 3.8) is 0 Å². The number of primary amides is 1. The molecule has 0 bridgehead atoms. The number of urea groups is 1. The van der Waals surface area contributed by atoms with E-state index >= 15 is 0 Å². The summed E-state index contributed by atoms with van der Waals surface area (Å²) < 4.78 is 41.5. The van der Waals surface area contributed by atoms with Crippen LogP contribution in [0.5, 0.6) is 0 Å². The molecule has 1 fully saturated rings. The highest BCUT2D eigenvalue weighted by Gasteiger charge is 2.46. The molecule has 0 unspecified atom stereocenters. The second-order valence-corrected chi connectivity index (χ2v) is 38.3. The van der Waals surface area contributed by atoms with E-state index in [2.05, 4.69) is 52.8 Å². The number of unbranched alkanes of at least 4 members (excludes halogenated alkanes) is 3. The number of nitrogens with zero attached hydrogens (tertiary/aromatic N) is 8. The monoisotopic (exact) mass is 2090 g/mol. The van der Waals surface area contributed by atoms with E-state index in [-0.39, 0.29) is 154 Å². The molecule has 5 rings (SSSR count). The first-order valence-corrected chi connectivity index (χ1v) is 50.4. The first kappa shape index (κ1) is 127. The van der Waals surface area contributed by atoms with Crippen LogP contribution in [0, 0.1) is 29.6 Å². The molecule has 14 amide bonds. The minimum atomic E-state index is -1.94. The molecule has 48 nitrogen and oxygen atoms in total. The number of anilines is 1. The number of nitrogens with two attached hydrogens (primary N) is 1. The zero-order valence-corrected chi connectivity index (χ0v) is 87.2. The topological polar surface area (TPSA) is 678 Å². The van der Waals surface area contributed by atoms with Gasteiger partial charge in [-0.3, -0.25) is 67.4 Å². The van der Waals surface area contributed by atoms with E-state index in [4.69, 9.17) is 49.1 Å². The van der Waals surface area contributed by atoms with Crippen molar-refractivity contribution in [2.24, 2.45) is 35.3 Å². The maximum atomic E-state index is 15.0. The lowest BCUT2D eigenvalue weighted by Gasteiger charge is -2.41. The van der Waals surface area contributed by atoms with Gasteiger partial charge in [-0.1, -0.05) is 123 Å². The summed E-state index contributed by atoms with van der Waals surface area (Å²) in [6, 6.07) is 6.52. The van der Waals surface area contributed by atoms with Crippen molar-refractivity contribution in [3.8, 4) is 0 Å². The molecular formula is C99H163N17O31. The number of rotatable bonds is 73. The van der Waals surface area contributed by atoms with Crippen molar-refractivity contribution >= 4 is 82.8 Å². The Labute approximate surface area is 859 Å². The Kier molecular flexibility index (Phi) is 57.7. The molecule has 2 aliphatic heterocycles. The lowest BCUT2D eigenvalue weighted by molar-refractivity contribution is -0.148. The molecule has 1 aromatic heterocycles. The fourth-order valence-electron chi connectivity index (χ4n) is 17.2. The van der Waals surface area contributed by atoms with Crippen molar-refractivity contribution < 1.29 is 152 Å². The smallest absolute Gasteiger partial charge is 0.410 e. The van der Waals surface area contributed by atoms with Crippen LogP contribution < -0.4 is 48.3 Å². The summed E-state index contributed by atoms with van der Waals surface area (Å²) in [6.07, 6.45) is -10.8. The maximum Gasteiger partial charge on any atom is 0.410 e. The number of likely N-dealkylation sites (tertiary alicyclic amines) is 1. The van der Waals surface area contributed by atoms with E-state index in [0.29, 0.717) is 68.3 Å². The second kappa shape index (κ2) is 66.8. The summed E-state index contributed by atoms with van der Waals surface area (Å²) in [7, 11) is 5.99. The molecule has 0 aliphatic carbocycles. The van der Waals surface area contributed by atoms with Gasteiger partial charge in [-0.2, -0.15) is 0 Å². The van der Waals surface area contributed by atoms with E-state index in [1.165, 1.54) is 66.2 Å². The molecule has 21 N–H and O–H groups in total. The average molecular weight is 2090 g/mol. The van der Waals surface area contributed by atoms with Crippen LogP contribution >= 0.6 is 0 Å². The van der Waals surface area contributed by atoms with Crippen LogP contribution in [0.15, 0.2) is 72.9 Å². The number of nitrogens with one attached hydrogen (secondary N) is 8. The molecule has 0 radical (unpaired) electrons. The number of amides is 14. The zero-order chi connectivity index (χ0) is 109. The summed E-state index contributed by atoms with van der Waals surface area (Å²) >= 11 is 0. The minimum absolute atomic E-state index is 0.0131. The fourth-order valence-corrected chi connectivity index (χ4v) is 17.2. The third kappa shape index (κ3) is 42.8. The molecule has 21 atom stereocenters. The predicted molar refractivity (Wildman–Crippen MR) is 533 cm³/mol. The summed E-state index contributed by atoms with van der Waals surface area (Å²) in [5.41, 5.74) is 7.11. The number of carbonyl (C=O) groups excluding carboxylic acids is 13. The Balaban J connectivity index is 1.13. The second-order valence-electron chi connectivity index (χ2n) is 38.3. The standard InChI is InChI=1S/C99H163N17O31/c1-15-62(8)85(76(141-13)50-81(127)115-41-25-30-71(115)91(142-14)63(9)92(133)103-64(10)86(128)66-26-18-16-19-27-66)111(11)97(138)83(60(4)5)108-96(137)84(61(6)7)112(12)99(140)147-57-65-32-34-67(35-33-65)104-93(134)70(29-24-39-102-98(100)139)106-95(136)82(59(2)3)107-94(135)69(105-77(123)31-20-17-23-40-116-79(125)36-37-80(116)126)28-21-22-38-101-78(124)54-114-51-68(109-110-114)58-146-49-48-145-47-46-144-45-44-143-43-42-113(52-72(119)87(129)89(131)74(121)55-117)53-73(120)88(130)90(132)75(122)56-118/h16,18-19,26-27,32-37,51,59-64,69-76,82-91,117-122,128-132H,15,17,20-25,28-31,38-50,52-58H2,1-14H3,(H,101,124)(H,103,133)(H,104,134)(H,105,123)(H,106,136)(H,107,135)(H,108,137)(H3,100,102,139)/t62-,63+,64-,69-,70-,71-,72-,73-,74+,75+,76-,82-,83-,84-,85-,86-,87+,88+,89+,90+,91+/m0/s1. The zero-order valence-electron chi connectivity index (χ0n) is 87.2. The van der Waals surface area contributed by atoms with Crippen molar-refractivity contribution in [1.29, 1.82) is 0 Å². The van der Waals surface area contributed by atoms with E-state index in [1.54, 1.807) is 104 Å². The van der Waals surface area contributed by atoms with Gasteiger partial charge in [-0.15, -0.1) is 5.10 Å². The Morgan fingerprint density at radius 2 is 1.13 bits per heavy atom. The number of likely N-dealkylation sites (N-methyl/N-ethyl adjacent to an activating group) is 2. The highest BCUT2D eigenvalue weighted by molar-refractivity contribution is 6.13. The molecule has 2 aromatic carbocycles. The predicted octanol–water partition coefficient (Wildman–Crippen LogP) is -2.12. The summed E-state index contributed by atoms with van der Waals surface area (Å²) in [4.78, 5) is 185. The lowest BCUT2D eigenvalue weighted by Crippen LogP contribution is -2.60. The highest BCUT2D eigenvalue weighted by Crippen LogP contribution is 2.32. The quantitative estimate of drug-likeness (QED) is 0.0212. The number of methoxy groups -OCH3 is 2. The van der Waals surface area contributed by atoms with Crippen molar-refractivity contribution in [2.45, 2.75) is 288 Å². The van der Waals surface area contributed by atoms with Crippen molar-refractivity contribution in [3.05, 3.63) is 89.8 Å². The average Bonchev–Trinajstić information content (AvgIpc) is 1.75.